The number of aromatic nitrogens is 1. The lowest BCUT2D eigenvalue weighted by atomic mass is 10.0. The van der Waals surface area contributed by atoms with Crippen LogP contribution >= 0.6 is 11.3 Å². The van der Waals surface area contributed by atoms with Crippen LogP contribution in [0.1, 0.15) is 0 Å². The van der Waals surface area contributed by atoms with Crippen molar-refractivity contribution in [2.45, 2.75) is 0 Å². The van der Waals surface area contributed by atoms with Crippen molar-refractivity contribution in [3.63, 3.8) is 0 Å². The van der Waals surface area contributed by atoms with Gasteiger partial charge in [-0.05, 0) is 71.3 Å². The standard InChI is InChI=1S/C46H28N2OS/c1-2-10-29(11-3-1)31-12-8-13-33(26-31)47(34-24-25-37-36-15-5-7-19-42(36)49-43(37)27-34)32-22-20-30(21-23-32)44-28-41-46(50-44)39-17-9-16-38-35-14-4-6-18-40(35)48(41)45(38)39/h1-28H. The highest BCUT2D eigenvalue weighted by molar-refractivity contribution is 7.23. The summed E-state index contributed by atoms with van der Waals surface area (Å²) in [7, 11) is 0. The van der Waals surface area contributed by atoms with Gasteiger partial charge in [0.05, 0.1) is 21.3 Å². The van der Waals surface area contributed by atoms with E-state index in [1.54, 1.807) is 0 Å². The van der Waals surface area contributed by atoms with E-state index in [1.807, 2.05) is 23.5 Å². The van der Waals surface area contributed by atoms with Gasteiger partial charge in [-0.15, -0.1) is 11.3 Å². The van der Waals surface area contributed by atoms with Gasteiger partial charge in [-0.2, -0.15) is 0 Å². The van der Waals surface area contributed by atoms with E-state index in [9.17, 15) is 0 Å². The number of thiophene rings is 1. The smallest absolute Gasteiger partial charge is 0.137 e. The highest BCUT2D eigenvalue weighted by Gasteiger charge is 2.20. The molecular formula is C46H28N2OS. The molecule has 11 rings (SSSR count). The van der Waals surface area contributed by atoms with E-state index in [1.165, 1.54) is 59.0 Å². The van der Waals surface area contributed by atoms with Crippen LogP contribution in [0.15, 0.2) is 174 Å². The third kappa shape index (κ3) is 4.03. The van der Waals surface area contributed by atoms with E-state index < -0.39 is 0 Å². The van der Waals surface area contributed by atoms with E-state index in [-0.39, 0.29) is 0 Å². The zero-order valence-corrected chi connectivity index (χ0v) is 27.7. The average Bonchev–Trinajstić information content (AvgIpc) is 3.93. The first-order valence-electron chi connectivity index (χ1n) is 16.9. The molecule has 0 saturated carbocycles. The highest BCUT2D eigenvalue weighted by Crippen LogP contribution is 2.45. The van der Waals surface area contributed by atoms with E-state index in [0.29, 0.717) is 0 Å². The van der Waals surface area contributed by atoms with Gasteiger partial charge in [-0.25, -0.2) is 0 Å². The molecular weight excluding hydrogens is 629 g/mol. The molecule has 0 aliphatic rings. The van der Waals surface area contributed by atoms with Crippen LogP contribution in [0.4, 0.5) is 17.1 Å². The minimum absolute atomic E-state index is 0.879. The Morgan fingerprint density at radius 1 is 0.420 bits per heavy atom. The summed E-state index contributed by atoms with van der Waals surface area (Å²) >= 11 is 1.88. The second kappa shape index (κ2) is 10.6. The zero-order valence-electron chi connectivity index (χ0n) is 26.9. The Hall–Kier alpha value is -6.36. The van der Waals surface area contributed by atoms with Crippen molar-refractivity contribution in [1.29, 1.82) is 0 Å². The van der Waals surface area contributed by atoms with Gasteiger partial charge >= 0.3 is 0 Å². The number of hydrogen-bond donors (Lipinski definition) is 0. The number of anilines is 3. The third-order valence-corrected chi connectivity index (χ3v) is 11.3. The number of furan rings is 1. The molecule has 0 bridgehead atoms. The van der Waals surface area contributed by atoms with Crippen molar-refractivity contribution in [1.82, 2.24) is 4.40 Å². The summed E-state index contributed by atoms with van der Waals surface area (Å²) in [5.41, 5.74) is 12.5. The topological polar surface area (TPSA) is 20.8 Å². The predicted octanol–water partition coefficient (Wildman–Crippen LogP) is 13.6. The Kier molecular flexibility index (Phi) is 5.83. The molecule has 0 atom stereocenters. The second-order valence-electron chi connectivity index (χ2n) is 13.0. The molecule has 3 nitrogen and oxygen atoms in total. The molecule has 0 amide bonds. The van der Waals surface area contributed by atoms with Gasteiger partial charge in [-0.3, -0.25) is 0 Å². The van der Waals surface area contributed by atoms with E-state index in [2.05, 4.69) is 167 Å². The molecule has 0 aliphatic heterocycles. The summed E-state index contributed by atoms with van der Waals surface area (Å²) in [5.74, 6) is 0. The molecule has 0 aliphatic carbocycles. The van der Waals surface area contributed by atoms with E-state index in [0.717, 1.165) is 39.0 Å². The molecule has 0 saturated heterocycles. The molecule has 0 unspecified atom stereocenters. The van der Waals surface area contributed by atoms with Gasteiger partial charge < -0.3 is 13.7 Å². The first kappa shape index (κ1) is 27.6. The lowest BCUT2D eigenvalue weighted by Crippen LogP contribution is -2.09. The third-order valence-electron chi connectivity index (χ3n) is 10.1. The minimum atomic E-state index is 0.879. The van der Waals surface area contributed by atoms with Crippen LogP contribution in [0.5, 0.6) is 0 Å². The number of rotatable bonds is 5. The second-order valence-corrected chi connectivity index (χ2v) is 14.0. The Labute approximate surface area is 291 Å². The molecule has 0 radical (unpaired) electrons. The Bertz CT molecular complexity index is 3040. The van der Waals surface area contributed by atoms with Crippen molar-refractivity contribution < 1.29 is 4.42 Å². The predicted molar refractivity (Wildman–Crippen MR) is 212 cm³/mol. The van der Waals surface area contributed by atoms with Crippen LogP contribution < -0.4 is 4.90 Å². The molecule has 0 spiro atoms. The van der Waals surface area contributed by atoms with Crippen molar-refractivity contribution in [3.05, 3.63) is 170 Å². The minimum Gasteiger partial charge on any atom is -0.456 e. The van der Waals surface area contributed by atoms with Gasteiger partial charge in [0.1, 0.15) is 11.2 Å². The van der Waals surface area contributed by atoms with Crippen LogP contribution in [0.25, 0.3) is 80.9 Å². The van der Waals surface area contributed by atoms with Crippen molar-refractivity contribution in [3.8, 4) is 21.6 Å². The average molecular weight is 657 g/mol. The quantitative estimate of drug-likeness (QED) is 0.184. The normalized spacial score (nSPS) is 12.0. The molecule has 0 N–H and O–H groups in total. The highest BCUT2D eigenvalue weighted by atomic mass is 32.1. The lowest BCUT2D eigenvalue weighted by molar-refractivity contribution is 0.669. The van der Waals surface area contributed by atoms with Gasteiger partial charge in [-0.1, -0.05) is 109 Å². The largest absolute Gasteiger partial charge is 0.456 e. The van der Waals surface area contributed by atoms with Crippen molar-refractivity contribution in [2.75, 3.05) is 4.90 Å². The summed E-state index contributed by atoms with van der Waals surface area (Å²) in [4.78, 5) is 3.60. The maximum atomic E-state index is 6.35. The Morgan fingerprint density at radius 2 is 1.10 bits per heavy atom. The summed E-state index contributed by atoms with van der Waals surface area (Å²) in [5, 5.41) is 6.22. The molecule has 4 heteroatoms. The van der Waals surface area contributed by atoms with Crippen LogP contribution in [0.3, 0.4) is 0 Å². The van der Waals surface area contributed by atoms with Gasteiger partial charge in [0, 0.05) is 54.9 Å². The van der Waals surface area contributed by atoms with Crippen molar-refractivity contribution in [2.24, 2.45) is 0 Å². The monoisotopic (exact) mass is 656 g/mol. The summed E-state index contributed by atoms with van der Waals surface area (Å²) < 4.78 is 10.2. The Balaban J connectivity index is 1.05. The van der Waals surface area contributed by atoms with Crippen LogP contribution in [0.2, 0.25) is 0 Å². The summed E-state index contributed by atoms with van der Waals surface area (Å²) in [6.07, 6.45) is 0. The van der Waals surface area contributed by atoms with E-state index in [4.69, 9.17) is 4.42 Å². The fourth-order valence-corrected chi connectivity index (χ4v) is 9.04. The first-order valence-corrected chi connectivity index (χ1v) is 17.7. The van der Waals surface area contributed by atoms with Crippen LogP contribution in [-0.2, 0) is 0 Å². The number of fused-ring (bicyclic) bond motifs is 9. The number of para-hydroxylation sites is 3. The van der Waals surface area contributed by atoms with E-state index >= 15 is 0 Å². The summed E-state index contributed by atoms with van der Waals surface area (Å²) in [6.45, 7) is 0. The molecule has 7 aromatic carbocycles. The van der Waals surface area contributed by atoms with Gasteiger partial charge in [0.2, 0.25) is 0 Å². The maximum Gasteiger partial charge on any atom is 0.137 e. The van der Waals surface area contributed by atoms with Gasteiger partial charge in [0.25, 0.3) is 0 Å². The molecule has 4 heterocycles. The molecule has 234 valence electrons. The first-order chi connectivity index (χ1) is 24.8. The SMILES string of the molecule is c1ccc(-c2cccc(N(c3ccc(-c4cc5c(s4)c4cccc6c7ccccc7n5c64)cc3)c3ccc4c(c3)oc3ccccc34)c2)cc1. The molecule has 0 fully saturated rings. The number of hydrogen-bond acceptors (Lipinski definition) is 3. The lowest BCUT2D eigenvalue weighted by Gasteiger charge is -2.26. The van der Waals surface area contributed by atoms with Crippen LogP contribution in [0, 0.1) is 0 Å². The van der Waals surface area contributed by atoms with Crippen LogP contribution in [-0.4, -0.2) is 4.40 Å². The maximum absolute atomic E-state index is 6.35. The number of benzene rings is 7. The number of nitrogens with zero attached hydrogens (tertiary/aromatic N) is 2. The summed E-state index contributed by atoms with van der Waals surface area (Å²) in [6, 6.07) is 61.0. The van der Waals surface area contributed by atoms with Gasteiger partial charge in [0.15, 0.2) is 0 Å². The molecule has 11 aromatic rings. The van der Waals surface area contributed by atoms with Crippen molar-refractivity contribution >= 4 is 87.7 Å². The Morgan fingerprint density at radius 3 is 2.00 bits per heavy atom. The molecule has 4 aromatic heterocycles. The zero-order chi connectivity index (χ0) is 32.8. The molecule has 50 heavy (non-hydrogen) atoms. The fraction of sp³-hybridized carbons (Fsp3) is 0. The fourth-order valence-electron chi connectivity index (χ4n) is 7.87.